The van der Waals surface area contributed by atoms with Crippen molar-refractivity contribution in [1.29, 1.82) is 0 Å². The van der Waals surface area contributed by atoms with Crippen molar-refractivity contribution in [3.05, 3.63) is 34.5 Å². The van der Waals surface area contributed by atoms with Crippen molar-refractivity contribution < 1.29 is 0 Å². The van der Waals surface area contributed by atoms with E-state index in [0.717, 1.165) is 10.9 Å². The first-order valence-electron chi connectivity index (χ1n) is 14.1. The summed E-state index contributed by atoms with van der Waals surface area (Å²) < 4.78 is 0. The highest BCUT2D eigenvalue weighted by Crippen LogP contribution is 2.34. The van der Waals surface area contributed by atoms with Crippen LogP contribution in [0.3, 0.4) is 0 Å². The van der Waals surface area contributed by atoms with Gasteiger partial charge < -0.3 is 4.98 Å². The summed E-state index contributed by atoms with van der Waals surface area (Å²) in [5.41, 5.74) is 4.26. The molecule has 0 fully saturated rings. The SMILES string of the molecule is CCCCCCCCCCCCCCCCCCC1CCc2[nH]c3cc(Cl)ccc3c2C1. The summed E-state index contributed by atoms with van der Waals surface area (Å²) in [7, 11) is 0. The van der Waals surface area contributed by atoms with Crippen molar-refractivity contribution in [2.24, 2.45) is 5.92 Å². The van der Waals surface area contributed by atoms with E-state index >= 15 is 0 Å². The number of H-pyrrole nitrogens is 1. The van der Waals surface area contributed by atoms with E-state index in [0.29, 0.717) is 0 Å². The number of aryl methyl sites for hydroxylation is 1. The van der Waals surface area contributed by atoms with Gasteiger partial charge in [0.05, 0.1) is 0 Å². The van der Waals surface area contributed by atoms with Gasteiger partial charge in [-0.05, 0) is 42.9 Å². The number of halogens is 1. The van der Waals surface area contributed by atoms with Crippen LogP contribution >= 0.6 is 11.6 Å². The fraction of sp³-hybridized carbons (Fsp3) is 0.733. The smallest absolute Gasteiger partial charge is 0.0473 e. The number of fused-ring (bicyclic) bond motifs is 3. The normalized spacial score (nSPS) is 16.0. The van der Waals surface area contributed by atoms with Crippen LogP contribution in [0.1, 0.15) is 134 Å². The second-order valence-electron chi connectivity index (χ2n) is 10.5. The van der Waals surface area contributed by atoms with Crippen molar-refractivity contribution in [2.75, 3.05) is 0 Å². The number of aromatic nitrogens is 1. The van der Waals surface area contributed by atoms with E-state index in [1.54, 1.807) is 5.56 Å². The molecule has 3 rings (SSSR count). The third kappa shape index (κ3) is 8.77. The summed E-state index contributed by atoms with van der Waals surface area (Å²) in [6.07, 6.45) is 28.5. The second kappa shape index (κ2) is 15.0. The molecular formula is C30H48ClN. The molecule has 32 heavy (non-hydrogen) atoms. The molecule has 180 valence electrons. The maximum Gasteiger partial charge on any atom is 0.0473 e. The van der Waals surface area contributed by atoms with Gasteiger partial charge in [-0.3, -0.25) is 0 Å². The van der Waals surface area contributed by atoms with E-state index < -0.39 is 0 Å². The maximum atomic E-state index is 6.17. The van der Waals surface area contributed by atoms with E-state index in [2.05, 4.69) is 24.0 Å². The molecule has 1 N–H and O–H groups in total. The first kappa shape index (κ1) is 25.7. The summed E-state index contributed by atoms with van der Waals surface area (Å²) in [5.74, 6) is 0.879. The minimum absolute atomic E-state index is 0.834. The average Bonchev–Trinajstić information content (AvgIpc) is 3.15. The standard InChI is InChI=1S/C30H48ClN/c1-2-3-4-5-6-7-8-9-10-11-12-13-14-15-16-17-18-25-19-22-29-28(23-25)27-21-20-26(31)24-30(27)32-29/h20-21,24-25,32H,2-19,22-23H2,1H3. The largest absolute Gasteiger partial charge is 0.358 e. The molecule has 1 aromatic heterocycles. The van der Waals surface area contributed by atoms with Crippen LogP contribution in [0.25, 0.3) is 10.9 Å². The zero-order valence-corrected chi connectivity index (χ0v) is 21.6. The lowest BCUT2D eigenvalue weighted by Crippen LogP contribution is -2.13. The van der Waals surface area contributed by atoms with Gasteiger partial charge in [0.25, 0.3) is 0 Å². The van der Waals surface area contributed by atoms with Gasteiger partial charge >= 0.3 is 0 Å². The zero-order valence-electron chi connectivity index (χ0n) is 20.8. The second-order valence-corrected chi connectivity index (χ2v) is 10.9. The first-order chi connectivity index (χ1) is 15.8. The Hall–Kier alpha value is -0.950. The summed E-state index contributed by atoms with van der Waals surface area (Å²) >= 11 is 6.17. The van der Waals surface area contributed by atoms with Crippen LogP contribution in [0.2, 0.25) is 5.02 Å². The molecule has 2 aromatic rings. The van der Waals surface area contributed by atoms with Crippen LogP contribution in [0.4, 0.5) is 0 Å². The monoisotopic (exact) mass is 457 g/mol. The third-order valence-electron chi connectivity index (χ3n) is 7.72. The fourth-order valence-corrected chi connectivity index (χ4v) is 5.87. The first-order valence-corrected chi connectivity index (χ1v) is 14.4. The van der Waals surface area contributed by atoms with Gasteiger partial charge in [0.15, 0.2) is 0 Å². The van der Waals surface area contributed by atoms with Gasteiger partial charge in [0.2, 0.25) is 0 Å². The summed E-state index contributed by atoms with van der Waals surface area (Å²) in [5, 5.41) is 2.24. The summed E-state index contributed by atoms with van der Waals surface area (Å²) in [6, 6.07) is 6.33. The quantitative estimate of drug-likeness (QED) is 0.227. The number of benzene rings is 1. The molecular weight excluding hydrogens is 410 g/mol. The Bertz CT molecular complexity index is 762. The van der Waals surface area contributed by atoms with Gasteiger partial charge in [0, 0.05) is 21.6 Å². The van der Waals surface area contributed by atoms with Crippen LogP contribution in [-0.2, 0) is 12.8 Å². The Morgan fingerprint density at radius 2 is 1.34 bits per heavy atom. The summed E-state index contributed by atoms with van der Waals surface area (Å²) in [6.45, 7) is 2.30. The minimum Gasteiger partial charge on any atom is -0.358 e. The molecule has 2 heteroatoms. The van der Waals surface area contributed by atoms with Crippen molar-refractivity contribution in [2.45, 2.75) is 135 Å². The number of aromatic amines is 1. The molecule has 1 nitrogen and oxygen atoms in total. The molecule has 1 aliphatic rings. The minimum atomic E-state index is 0.834. The van der Waals surface area contributed by atoms with E-state index in [9.17, 15) is 0 Å². The number of hydrogen-bond acceptors (Lipinski definition) is 0. The van der Waals surface area contributed by atoms with Crippen molar-refractivity contribution >= 4 is 22.5 Å². The lowest BCUT2D eigenvalue weighted by molar-refractivity contribution is 0.403. The average molecular weight is 458 g/mol. The molecule has 0 radical (unpaired) electrons. The van der Waals surface area contributed by atoms with Crippen LogP contribution in [-0.4, -0.2) is 4.98 Å². The molecule has 0 spiro atoms. The Morgan fingerprint density at radius 3 is 1.94 bits per heavy atom. The Labute approximate surface area is 203 Å². The highest BCUT2D eigenvalue weighted by molar-refractivity contribution is 6.31. The summed E-state index contributed by atoms with van der Waals surface area (Å²) in [4.78, 5) is 3.62. The van der Waals surface area contributed by atoms with E-state index in [1.807, 2.05) is 6.07 Å². The fourth-order valence-electron chi connectivity index (χ4n) is 5.70. The topological polar surface area (TPSA) is 15.8 Å². The Morgan fingerprint density at radius 1 is 0.781 bits per heavy atom. The molecule has 1 heterocycles. The van der Waals surface area contributed by atoms with E-state index in [1.165, 1.54) is 145 Å². The highest BCUT2D eigenvalue weighted by atomic mass is 35.5. The number of rotatable bonds is 17. The molecule has 0 saturated heterocycles. The lowest BCUT2D eigenvalue weighted by atomic mass is 9.83. The van der Waals surface area contributed by atoms with Crippen molar-refractivity contribution in [3.8, 4) is 0 Å². The molecule has 1 aromatic carbocycles. The predicted molar refractivity (Wildman–Crippen MR) is 143 cm³/mol. The molecule has 0 saturated carbocycles. The zero-order chi connectivity index (χ0) is 22.4. The molecule has 1 unspecified atom stereocenters. The maximum absolute atomic E-state index is 6.17. The third-order valence-corrected chi connectivity index (χ3v) is 7.95. The van der Waals surface area contributed by atoms with Gasteiger partial charge in [-0.15, -0.1) is 0 Å². The Kier molecular flexibility index (Phi) is 12.1. The number of hydrogen-bond donors (Lipinski definition) is 1. The highest BCUT2D eigenvalue weighted by Gasteiger charge is 2.22. The van der Waals surface area contributed by atoms with Gasteiger partial charge in [-0.2, -0.15) is 0 Å². The van der Waals surface area contributed by atoms with E-state index in [-0.39, 0.29) is 0 Å². The van der Waals surface area contributed by atoms with Crippen molar-refractivity contribution in [1.82, 2.24) is 4.98 Å². The number of nitrogens with one attached hydrogen (secondary N) is 1. The van der Waals surface area contributed by atoms with E-state index in [4.69, 9.17) is 11.6 Å². The lowest BCUT2D eigenvalue weighted by Gasteiger charge is -2.22. The molecule has 1 aliphatic carbocycles. The van der Waals surface area contributed by atoms with Crippen LogP contribution in [0.5, 0.6) is 0 Å². The van der Waals surface area contributed by atoms with Gasteiger partial charge in [0.1, 0.15) is 0 Å². The van der Waals surface area contributed by atoms with Gasteiger partial charge in [-0.25, -0.2) is 0 Å². The predicted octanol–water partition coefficient (Wildman–Crippen LogP) is 10.6. The van der Waals surface area contributed by atoms with Gasteiger partial charge in [-0.1, -0.05) is 134 Å². The number of unbranched alkanes of at least 4 members (excludes halogenated alkanes) is 15. The molecule has 0 aliphatic heterocycles. The molecule has 0 bridgehead atoms. The Balaban J connectivity index is 1.14. The van der Waals surface area contributed by atoms with Crippen molar-refractivity contribution in [3.63, 3.8) is 0 Å². The molecule has 1 atom stereocenters. The molecule has 0 amide bonds. The van der Waals surface area contributed by atoms with Crippen LogP contribution < -0.4 is 0 Å². The van der Waals surface area contributed by atoms with Crippen LogP contribution in [0, 0.1) is 5.92 Å². The van der Waals surface area contributed by atoms with Crippen LogP contribution in [0.15, 0.2) is 18.2 Å².